The van der Waals surface area contributed by atoms with E-state index < -0.39 is 17.2 Å². The van der Waals surface area contributed by atoms with Gasteiger partial charge in [-0.2, -0.15) is 0 Å². The molecule has 1 N–H and O–H groups in total. The van der Waals surface area contributed by atoms with Gasteiger partial charge in [0, 0.05) is 30.2 Å². The summed E-state index contributed by atoms with van der Waals surface area (Å²) in [5, 5.41) is 11.6. The second-order valence-electron chi connectivity index (χ2n) is 9.28. The molecule has 1 amide bonds. The molecule has 1 aliphatic heterocycles. The Balaban J connectivity index is 1.85. The molecule has 0 saturated carbocycles. The van der Waals surface area contributed by atoms with Crippen molar-refractivity contribution in [1.82, 2.24) is 9.80 Å². The van der Waals surface area contributed by atoms with E-state index in [1.54, 1.807) is 0 Å². The van der Waals surface area contributed by atoms with E-state index in [1.165, 1.54) is 0 Å². The minimum Gasteiger partial charge on any atom is -0.392 e. The van der Waals surface area contributed by atoms with Crippen LogP contribution in [-0.4, -0.2) is 47.1 Å². The molecule has 3 aromatic carbocycles. The number of likely N-dealkylation sites (tertiary alicyclic amines) is 1. The number of hydrogen-bond donors (Lipinski definition) is 1. The van der Waals surface area contributed by atoms with Crippen molar-refractivity contribution in [2.24, 2.45) is 0 Å². The normalized spacial score (nSPS) is 18.5. The van der Waals surface area contributed by atoms with Crippen LogP contribution >= 0.6 is 23.2 Å². The number of aliphatic hydroxyl groups excluding tert-OH is 1. The standard InChI is InChI=1S/C28H30Cl2N2O2/c1-27(20-9-13-23(29)14-10-20,21-11-15-24(30)16-12-21)26(34)31(3)28(2,22-7-5-4-6-8-22)32-18-17-25(33)19-32/h4-16,25,33H,17-19H2,1-3H3/t25-,28+/m0/s1. The summed E-state index contributed by atoms with van der Waals surface area (Å²) in [6.45, 7) is 5.20. The molecule has 1 saturated heterocycles. The third-order valence-electron chi connectivity index (χ3n) is 7.33. The van der Waals surface area contributed by atoms with Gasteiger partial charge in [-0.05, 0) is 61.2 Å². The first kappa shape index (κ1) is 24.7. The van der Waals surface area contributed by atoms with E-state index in [1.807, 2.05) is 97.7 Å². The summed E-state index contributed by atoms with van der Waals surface area (Å²) >= 11 is 12.4. The molecule has 4 nitrogen and oxygen atoms in total. The van der Waals surface area contributed by atoms with Crippen LogP contribution in [0.15, 0.2) is 78.9 Å². The fourth-order valence-electron chi connectivity index (χ4n) is 4.99. The second kappa shape index (κ2) is 9.71. The highest BCUT2D eigenvalue weighted by Crippen LogP contribution is 2.41. The Morgan fingerprint density at radius 3 is 1.82 bits per heavy atom. The predicted molar refractivity (Wildman–Crippen MR) is 138 cm³/mol. The van der Waals surface area contributed by atoms with Gasteiger partial charge < -0.3 is 10.0 Å². The highest BCUT2D eigenvalue weighted by atomic mass is 35.5. The fourth-order valence-corrected chi connectivity index (χ4v) is 5.24. The summed E-state index contributed by atoms with van der Waals surface area (Å²) in [5.41, 5.74) is 0.934. The molecule has 4 rings (SSSR count). The number of carbonyl (C=O) groups is 1. The molecule has 0 unspecified atom stereocenters. The van der Waals surface area contributed by atoms with Crippen LogP contribution in [0.5, 0.6) is 0 Å². The van der Waals surface area contributed by atoms with Crippen LogP contribution in [0.4, 0.5) is 0 Å². The summed E-state index contributed by atoms with van der Waals surface area (Å²) in [7, 11) is 1.85. The summed E-state index contributed by atoms with van der Waals surface area (Å²) in [4.78, 5) is 18.6. The number of rotatable bonds is 6. The molecule has 1 heterocycles. The molecule has 0 radical (unpaired) electrons. The zero-order valence-electron chi connectivity index (χ0n) is 19.7. The Morgan fingerprint density at radius 2 is 1.38 bits per heavy atom. The first-order valence-corrected chi connectivity index (χ1v) is 12.2. The number of halogens is 2. The van der Waals surface area contributed by atoms with Crippen LogP contribution in [0.2, 0.25) is 10.0 Å². The summed E-state index contributed by atoms with van der Waals surface area (Å²) in [6, 6.07) is 24.9. The number of aliphatic hydroxyl groups is 1. The maximum atomic E-state index is 14.6. The number of amides is 1. The molecule has 3 aromatic rings. The molecule has 1 fully saturated rings. The van der Waals surface area contributed by atoms with Crippen LogP contribution in [0.1, 0.15) is 37.0 Å². The first-order valence-electron chi connectivity index (χ1n) is 11.5. The van der Waals surface area contributed by atoms with Gasteiger partial charge in [-0.3, -0.25) is 9.69 Å². The Morgan fingerprint density at radius 1 is 0.882 bits per heavy atom. The van der Waals surface area contributed by atoms with Gasteiger partial charge >= 0.3 is 0 Å². The van der Waals surface area contributed by atoms with Crippen molar-refractivity contribution in [2.75, 3.05) is 20.1 Å². The molecule has 0 aromatic heterocycles. The van der Waals surface area contributed by atoms with Crippen molar-refractivity contribution in [3.8, 4) is 0 Å². The second-order valence-corrected chi connectivity index (χ2v) is 10.2. The largest absolute Gasteiger partial charge is 0.392 e. The zero-order chi connectivity index (χ0) is 24.5. The van der Waals surface area contributed by atoms with E-state index in [0.717, 1.165) is 16.7 Å². The smallest absolute Gasteiger partial charge is 0.238 e. The number of nitrogens with zero attached hydrogens (tertiary/aromatic N) is 2. The van der Waals surface area contributed by atoms with E-state index in [-0.39, 0.29) is 5.91 Å². The molecule has 178 valence electrons. The Bertz CT molecular complexity index is 1090. The van der Waals surface area contributed by atoms with Crippen molar-refractivity contribution in [2.45, 2.75) is 37.5 Å². The number of carbonyl (C=O) groups excluding carboxylic acids is 1. The number of likely N-dealkylation sites (N-methyl/N-ethyl adjacent to an activating group) is 1. The average Bonchev–Trinajstić information content (AvgIpc) is 3.30. The molecule has 6 heteroatoms. The molecule has 1 aliphatic rings. The zero-order valence-corrected chi connectivity index (χ0v) is 21.2. The lowest BCUT2D eigenvalue weighted by molar-refractivity contribution is -0.148. The third-order valence-corrected chi connectivity index (χ3v) is 7.83. The van der Waals surface area contributed by atoms with E-state index >= 15 is 0 Å². The van der Waals surface area contributed by atoms with Crippen LogP contribution in [0, 0.1) is 0 Å². The minimum atomic E-state index is -0.988. The summed E-state index contributed by atoms with van der Waals surface area (Å²) in [5.74, 6) is -0.0649. The van der Waals surface area contributed by atoms with Gasteiger partial charge in [0.2, 0.25) is 5.91 Å². The van der Waals surface area contributed by atoms with Gasteiger partial charge in [-0.1, -0.05) is 77.8 Å². The molecule has 0 spiro atoms. The van der Waals surface area contributed by atoms with Crippen molar-refractivity contribution in [3.05, 3.63) is 106 Å². The lowest BCUT2D eigenvalue weighted by Gasteiger charge is -2.49. The molecule has 34 heavy (non-hydrogen) atoms. The number of benzene rings is 3. The quantitative estimate of drug-likeness (QED) is 0.476. The lowest BCUT2D eigenvalue weighted by atomic mass is 9.74. The van der Waals surface area contributed by atoms with E-state index in [9.17, 15) is 9.90 Å². The highest BCUT2D eigenvalue weighted by molar-refractivity contribution is 6.30. The first-order chi connectivity index (χ1) is 16.2. The number of β-amino-alcohol motifs (C(OH)–C–C–N with tert-alkyl or cyclic N) is 1. The Hall–Kier alpha value is -2.37. The molecular formula is C28H30Cl2N2O2. The van der Waals surface area contributed by atoms with Crippen molar-refractivity contribution in [1.29, 1.82) is 0 Å². The van der Waals surface area contributed by atoms with Crippen LogP contribution in [-0.2, 0) is 15.9 Å². The average molecular weight is 497 g/mol. The molecular weight excluding hydrogens is 467 g/mol. The van der Waals surface area contributed by atoms with Crippen molar-refractivity contribution < 1.29 is 9.90 Å². The predicted octanol–water partition coefficient (Wildman–Crippen LogP) is 5.70. The van der Waals surface area contributed by atoms with E-state index in [2.05, 4.69) is 11.8 Å². The number of hydrogen-bond acceptors (Lipinski definition) is 3. The van der Waals surface area contributed by atoms with Crippen LogP contribution in [0.3, 0.4) is 0 Å². The van der Waals surface area contributed by atoms with Crippen molar-refractivity contribution >= 4 is 29.1 Å². The minimum absolute atomic E-state index is 0.0649. The highest BCUT2D eigenvalue weighted by Gasteiger charge is 2.48. The van der Waals surface area contributed by atoms with Crippen molar-refractivity contribution in [3.63, 3.8) is 0 Å². The molecule has 0 aliphatic carbocycles. The molecule has 0 bridgehead atoms. The fraction of sp³-hybridized carbons (Fsp3) is 0.321. The third kappa shape index (κ3) is 4.36. The Labute approximate surface area is 211 Å². The van der Waals surface area contributed by atoms with Crippen LogP contribution < -0.4 is 0 Å². The Kier molecular flexibility index (Phi) is 7.07. The van der Waals surface area contributed by atoms with Crippen LogP contribution in [0.25, 0.3) is 0 Å². The summed E-state index contributed by atoms with van der Waals surface area (Å²) < 4.78 is 0. The summed E-state index contributed by atoms with van der Waals surface area (Å²) in [6.07, 6.45) is 0.265. The SMILES string of the molecule is CN(C(=O)C(C)(c1ccc(Cl)cc1)c1ccc(Cl)cc1)[C@@](C)(c1ccccc1)N1CC[C@H](O)C1. The topological polar surface area (TPSA) is 43.8 Å². The monoisotopic (exact) mass is 496 g/mol. The van der Waals surface area contributed by atoms with Gasteiger partial charge in [0.25, 0.3) is 0 Å². The van der Waals surface area contributed by atoms with E-state index in [0.29, 0.717) is 29.6 Å². The van der Waals surface area contributed by atoms with Gasteiger partial charge in [0.15, 0.2) is 0 Å². The maximum Gasteiger partial charge on any atom is 0.238 e. The maximum absolute atomic E-state index is 14.6. The van der Waals surface area contributed by atoms with Gasteiger partial charge in [0.1, 0.15) is 5.66 Å². The van der Waals surface area contributed by atoms with Gasteiger partial charge in [0.05, 0.1) is 11.5 Å². The van der Waals surface area contributed by atoms with Gasteiger partial charge in [-0.25, -0.2) is 0 Å². The molecule has 2 atom stereocenters. The van der Waals surface area contributed by atoms with Gasteiger partial charge in [-0.15, -0.1) is 0 Å². The lowest BCUT2D eigenvalue weighted by Crippen LogP contribution is -2.60. The van der Waals surface area contributed by atoms with E-state index in [4.69, 9.17) is 23.2 Å².